The number of nitrogens with two attached hydrogens (primary N) is 1. The first-order valence-electron chi connectivity index (χ1n) is 5.39. The Balaban J connectivity index is 2.46. The van der Waals surface area contributed by atoms with Gasteiger partial charge in [-0.05, 0) is 47.5 Å². The Morgan fingerprint density at radius 3 is 2.58 bits per heavy atom. The van der Waals surface area contributed by atoms with E-state index in [4.69, 9.17) is 5.73 Å². The van der Waals surface area contributed by atoms with Crippen LogP contribution in [0.15, 0.2) is 27.7 Å². The molecule has 0 aliphatic rings. The van der Waals surface area contributed by atoms with Crippen LogP contribution >= 0.6 is 15.9 Å². The summed E-state index contributed by atoms with van der Waals surface area (Å²) >= 11 is 3.26. The minimum atomic E-state index is -3.70. The monoisotopic (exact) mass is 344 g/mol. The SMILES string of the molecule is Cc1cc(Br)c(N)cc1S(=O)(=O)Nc1[nH]ncc1C. The molecular weight excluding hydrogens is 332 g/mol. The predicted octanol–water partition coefficient (Wildman–Crippen LogP) is 2.17. The van der Waals surface area contributed by atoms with Gasteiger partial charge < -0.3 is 5.73 Å². The van der Waals surface area contributed by atoms with Gasteiger partial charge >= 0.3 is 0 Å². The molecule has 0 saturated heterocycles. The molecule has 0 saturated carbocycles. The zero-order valence-electron chi connectivity index (χ0n) is 10.4. The largest absolute Gasteiger partial charge is 0.398 e. The number of nitrogens with zero attached hydrogens (tertiary/aromatic N) is 1. The van der Waals surface area contributed by atoms with Crippen molar-refractivity contribution in [1.82, 2.24) is 10.2 Å². The van der Waals surface area contributed by atoms with Crippen LogP contribution in [0.3, 0.4) is 0 Å². The highest BCUT2D eigenvalue weighted by atomic mass is 79.9. The first-order valence-corrected chi connectivity index (χ1v) is 7.67. The van der Waals surface area contributed by atoms with E-state index in [-0.39, 0.29) is 4.90 Å². The molecule has 4 N–H and O–H groups in total. The van der Waals surface area contributed by atoms with E-state index < -0.39 is 10.0 Å². The van der Waals surface area contributed by atoms with Gasteiger partial charge in [-0.1, -0.05) is 0 Å². The maximum absolute atomic E-state index is 12.3. The normalized spacial score (nSPS) is 11.5. The molecular formula is C11H13BrN4O2S. The molecule has 1 aromatic carbocycles. The number of sulfonamides is 1. The van der Waals surface area contributed by atoms with E-state index in [2.05, 4.69) is 30.8 Å². The van der Waals surface area contributed by atoms with Crippen LogP contribution in [-0.4, -0.2) is 18.6 Å². The number of benzene rings is 1. The van der Waals surface area contributed by atoms with E-state index in [0.717, 1.165) is 0 Å². The number of nitrogen functional groups attached to an aromatic ring is 1. The van der Waals surface area contributed by atoms with Gasteiger partial charge in [0.15, 0.2) is 0 Å². The number of aromatic amines is 1. The van der Waals surface area contributed by atoms with Gasteiger partial charge in [0, 0.05) is 15.7 Å². The first kappa shape index (κ1) is 13.9. The number of aryl methyl sites for hydroxylation is 2. The molecule has 0 aliphatic carbocycles. The molecule has 0 unspecified atom stereocenters. The number of aromatic nitrogens is 2. The van der Waals surface area contributed by atoms with E-state index in [0.29, 0.717) is 27.1 Å². The number of hydrogen-bond donors (Lipinski definition) is 3. The van der Waals surface area contributed by atoms with Crippen LogP contribution in [0, 0.1) is 13.8 Å². The quantitative estimate of drug-likeness (QED) is 0.742. The molecule has 2 rings (SSSR count). The molecule has 0 radical (unpaired) electrons. The van der Waals surface area contributed by atoms with Gasteiger partial charge in [0.05, 0.1) is 11.1 Å². The van der Waals surface area contributed by atoms with Crippen molar-refractivity contribution in [2.45, 2.75) is 18.7 Å². The summed E-state index contributed by atoms with van der Waals surface area (Å²) in [5.41, 5.74) is 7.41. The summed E-state index contributed by atoms with van der Waals surface area (Å²) in [5, 5.41) is 6.37. The summed E-state index contributed by atoms with van der Waals surface area (Å²) in [6.07, 6.45) is 1.54. The van der Waals surface area contributed by atoms with Gasteiger partial charge in [-0.3, -0.25) is 9.82 Å². The van der Waals surface area contributed by atoms with Crippen molar-refractivity contribution < 1.29 is 8.42 Å². The van der Waals surface area contributed by atoms with Gasteiger partial charge in [0.25, 0.3) is 10.0 Å². The van der Waals surface area contributed by atoms with Gasteiger partial charge in [0.1, 0.15) is 5.82 Å². The molecule has 8 heteroatoms. The second-order valence-electron chi connectivity index (χ2n) is 4.17. The van der Waals surface area contributed by atoms with Crippen LogP contribution in [0.2, 0.25) is 0 Å². The summed E-state index contributed by atoms with van der Waals surface area (Å²) in [5.74, 6) is 0.348. The fraction of sp³-hybridized carbons (Fsp3) is 0.182. The Labute approximate surface area is 119 Å². The minimum Gasteiger partial charge on any atom is -0.398 e. The molecule has 0 fully saturated rings. The number of hydrogen-bond acceptors (Lipinski definition) is 4. The average molecular weight is 345 g/mol. The van der Waals surface area contributed by atoms with E-state index >= 15 is 0 Å². The highest BCUT2D eigenvalue weighted by Gasteiger charge is 2.19. The Morgan fingerprint density at radius 2 is 2.00 bits per heavy atom. The lowest BCUT2D eigenvalue weighted by molar-refractivity contribution is 0.600. The summed E-state index contributed by atoms with van der Waals surface area (Å²) in [6.45, 7) is 3.46. The molecule has 1 aromatic heterocycles. The van der Waals surface area contributed by atoms with Crippen molar-refractivity contribution in [3.63, 3.8) is 0 Å². The van der Waals surface area contributed by atoms with Crippen molar-refractivity contribution in [1.29, 1.82) is 0 Å². The third kappa shape index (κ3) is 2.74. The third-order valence-corrected chi connectivity index (χ3v) is 4.83. The fourth-order valence-electron chi connectivity index (χ4n) is 1.60. The molecule has 1 heterocycles. The van der Waals surface area contributed by atoms with Crippen LogP contribution < -0.4 is 10.5 Å². The lowest BCUT2D eigenvalue weighted by atomic mass is 10.2. The van der Waals surface area contributed by atoms with Gasteiger partial charge in [0.2, 0.25) is 0 Å². The van der Waals surface area contributed by atoms with Crippen molar-refractivity contribution in [3.05, 3.63) is 33.9 Å². The molecule has 102 valence electrons. The maximum Gasteiger partial charge on any atom is 0.263 e. The van der Waals surface area contributed by atoms with Gasteiger partial charge in [-0.25, -0.2) is 8.42 Å². The molecule has 19 heavy (non-hydrogen) atoms. The van der Waals surface area contributed by atoms with E-state index in [1.54, 1.807) is 26.1 Å². The average Bonchev–Trinajstić information content (AvgIpc) is 2.69. The summed E-state index contributed by atoms with van der Waals surface area (Å²) in [4.78, 5) is 0.141. The molecule has 0 aliphatic heterocycles. The fourth-order valence-corrected chi connectivity index (χ4v) is 3.41. The van der Waals surface area contributed by atoms with Gasteiger partial charge in [-0.2, -0.15) is 5.10 Å². The lowest BCUT2D eigenvalue weighted by Crippen LogP contribution is -2.15. The number of H-pyrrole nitrogens is 1. The van der Waals surface area contributed by atoms with Crippen molar-refractivity contribution in [2.24, 2.45) is 0 Å². The summed E-state index contributed by atoms with van der Waals surface area (Å²) < 4.78 is 27.7. The Morgan fingerprint density at radius 1 is 1.32 bits per heavy atom. The zero-order valence-corrected chi connectivity index (χ0v) is 12.8. The molecule has 2 aromatic rings. The molecule has 0 atom stereocenters. The van der Waals surface area contributed by atoms with E-state index in [9.17, 15) is 8.42 Å². The number of halogens is 1. The van der Waals surface area contributed by atoms with Crippen LogP contribution in [0.25, 0.3) is 0 Å². The third-order valence-electron chi connectivity index (χ3n) is 2.65. The van der Waals surface area contributed by atoms with Crippen LogP contribution in [0.5, 0.6) is 0 Å². The number of anilines is 2. The Kier molecular flexibility index (Phi) is 3.55. The topological polar surface area (TPSA) is 101 Å². The lowest BCUT2D eigenvalue weighted by Gasteiger charge is -2.11. The van der Waals surface area contributed by atoms with Crippen molar-refractivity contribution >= 4 is 37.5 Å². The molecule has 0 bridgehead atoms. The smallest absolute Gasteiger partial charge is 0.263 e. The van der Waals surface area contributed by atoms with Crippen molar-refractivity contribution in [2.75, 3.05) is 10.5 Å². The number of nitrogens with one attached hydrogen (secondary N) is 2. The van der Waals surface area contributed by atoms with E-state index in [1.807, 2.05) is 0 Å². The second kappa shape index (κ2) is 4.86. The Bertz CT molecular complexity index is 724. The highest BCUT2D eigenvalue weighted by Crippen LogP contribution is 2.27. The summed E-state index contributed by atoms with van der Waals surface area (Å²) in [6, 6.07) is 3.09. The Hall–Kier alpha value is -1.54. The molecule has 0 spiro atoms. The van der Waals surface area contributed by atoms with Gasteiger partial charge in [-0.15, -0.1) is 0 Å². The van der Waals surface area contributed by atoms with Crippen LogP contribution in [-0.2, 0) is 10.0 Å². The second-order valence-corrected chi connectivity index (χ2v) is 6.68. The predicted molar refractivity (Wildman–Crippen MR) is 77.4 cm³/mol. The van der Waals surface area contributed by atoms with E-state index in [1.165, 1.54) is 6.07 Å². The number of rotatable bonds is 3. The zero-order chi connectivity index (χ0) is 14.2. The molecule has 0 amide bonds. The summed E-state index contributed by atoms with van der Waals surface area (Å²) in [7, 11) is -3.70. The van der Waals surface area contributed by atoms with Crippen LogP contribution in [0.4, 0.5) is 11.5 Å². The standard InChI is InChI=1S/C11H13BrN4O2S/c1-6-3-8(12)9(13)4-10(6)19(17,18)16-11-7(2)5-14-15-11/h3-5H,13H2,1-2H3,(H2,14,15,16). The highest BCUT2D eigenvalue weighted by molar-refractivity contribution is 9.10. The maximum atomic E-state index is 12.3. The minimum absolute atomic E-state index is 0.141. The molecule has 6 nitrogen and oxygen atoms in total. The van der Waals surface area contributed by atoms with Crippen LogP contribution in [0.1, 0.15) is 11.1 Å². The van der Waals surface area contributed by atoms with Crippen molar-refractivity contribution in [3.8, 4) is 0 Å². The first-order chi connectivity index (χ1) is 8.81.